The van der Waals surface area contributed by atoms with Crippen LogP contribution in [0.25, 0.3) is 11.0 Å². The van der Waals surface area contributed by atoms with Crippen molar-refractivity contribution in [1.82, 2.24) is 15.3 Å². The van der Waals surface area contributed by atoms with Gasteiger partial charge in [0.25, 0.3) is 0 Å². The quantitative estimate of drug-likeness (QED) is 0.759. The van der Waals surface area contributed by atoms with Gasteiger partial charge in [0.05, 0.1) is 17.4 Å². The molecule has 1 aromatic carbocycles. The van der Waals surface area contributed by atoms with Crippen molar-refractivity contribution in [3.05, 3.63) is 30.1 Å². The molecular weight excluding hydrogens is 218 g/mol. The van der Waals surface area contributed by atoms with E-state index in [2.05, 4.69) is 15.3 Å². The van der Waals surface area contributed by atoms with Crippen molar-refractivity contribution in [2.75, 3.05) is 6.54 Å². The van der Waals surface area contributed by atoms with Crippen LogP contribution in [-0.4, -0.2) is 27.7 Å². The number of imidazole rings is 1. The average molecular weight is 233 g/mol. The number of carboxylic acid groups (broad SMARTS) is 1. The lowest BCUT2D eigenvalue weighted by Gasteiger charge is -2.24. The number of nitrogens with zero attached hydrogens (tertiary/aromatic N) is 1. The van der Waals surface area contributed by atoms with E-state index in [1.807, 2.05) is 32.0 Å². The molecule has 5 nitrogen and oxygen atoms in total. The first kappa shape index (κ1) is 11.4. The molecule has 0 atom stereocenters. The lowest BCUT2D eigenvalue weighted by atomic mass is 9.84. The monoisotopic (exact) mass is 233 g/mol. The van der Waals surface area contributed by atoms with Crippen LogP contribution in [0.3, 0.4) is 0 Å². The number of aromatic nitrogens is 2. The molecule has 0 unspecified atom stereocenters. The molecule has 0 saturated carbocycles. The molecule has 2 rings (SSSR count). The number of amides is 1. The van der Waals surface area contributed by atoms with Gasteiger partial charge in [0, 0.05) is 12.0 Å². The van der Waals surface area contributed by atoms with Crippen LogP contribution >= 0.6 is 0 Å². The molecule has 1 heterocycles. The molecule has 0 fully saturated rings. The zero-order valence-electron chi connectivity index (χ0n) is 9.82. The lowest BCUT2D eigenvalue weighted by molar-refractivity contribution is 0.192. The van der Waals surface area contributed by atoms with Gasteiger partial charge in [-0.2, -0.15) is 0 Å². The smallest absolute Gasteiger partial charge is 0.404 e. The van der Waals surface area contributed by atoms with E-state index in [-0.39, 0.29) is 5.41 Å². The number of fused-ring (bicyclic) bond motifs is 1. The highest BCUT2D eigenvalue weighted by atomic mass is 16.4. The molecule has 0 radical (unpaired) electrons. The Bertz CT molecular complexity index is 545. The van der Waals surface area contributed by atoms with Crippen LogP contribution in [0, 0.1) is 0 Å². The highest BCUT2D eigenvalue weighted by Crippen LogP contribution is 2.24. The molecule has 0 saturated heterocycles. The maximum Gasteiger partial charge on any atom is 0.404 e. The van der Waals surface area contributed by atoms with Gasteiger partial charge in [0.1, 0.15) is 0 Å². The molecule has 1 amide bonds. The summed E-state index contributed by atoms with van der Waals surface area (Å²) in [7, 11) is 0. The first-order valence-corrected chi connectivity index (χ1v) is 5.39. The van der Waals surface area contributed by atoms with Crippen LogP contribution < -0.4 is 5.32 Å². The van der Waals surface area contributed by atoms with E-state index >= 15 is 0 Å². The first-order valence-electron chi connectivity index (χ1n) is 5.39. The van der Waals surface area contributed by atoms with Crippen LogP contribution in [0.2, 0.25) is 0 Å². The Hall–Kier alpha value is -2.04. The largest absolute Gasteiger partial charge is 0.465 e. The van der Waals surface area contributed by atoms with Crippen molar-refractivity contribution in [3.8, 4) is 0 Å². The number of aromatic amines is 1. The van der Waals surface area contributed by atoms with E-state index in [9.17, 15) is 4.79 Å². The maximum atomic E-state index is 10.5. The van der Waals surface area contributed by atoms with Gasteiger partial charge in [0.2, 0.25) is 0 Å². The molecule has 2 aromatic rings. The molecule has 0 aliphatic rings. The Morgan fingerprint density at radius 2 is 2.29 bits per heavy atom. The van der Waals surface area contributed by atoms with Gasteiger partial charge in [-0.05, 0) is 17.7 Å². The molecule has 3 N–H and O–H groups in total. The molecule has 0 aliphatic carbocycles. The van der Waals surface area contributed by atoms with Gasteiger partial charge >= 0.3 is 6.09 Å². The molecule has 0 aliphatic heterocycles. The number of H-pyrrole nitrogens is 1. The summed E-state index contributed by atoms with van der Waals surface area (Å²) >= 11 is 0. The summed E-state index contributed by atoms with van der Waals surface area (Å²) in [6.45, 7) is 4.38. The third-order valence-corrected chi connectivity index (χ3v) is 2.88. The summed E-state index contributed by atoms with van der Waals surface area (Å²) < 4.78 is 0. The van der Waals surface area contributed by atoms with Crippen LogP contribution in [0.1, 0.15) is 19.4 Å². The Balaban J connectivity index is 2.27. The SMILES string of the molecule is CC(C)(CNC(=O)O)c1ccc2nc[nH]c2c1. The summed E-state index contributed by atoms with van der Waals surface area (Å²) in [6, 6.07) is 5.92. The van der Waals surface area contributed by atoms with E-state index in [1.165, 1.54) is 0 Å². The summed E-state index contributed by atoms with van der Waals surface area (Å²) in [5, 5.41) is 11.1. The second-order valence-corrected chi connectivity index (χ2v) is 4.68. The topological polar surface area (TPSA) is 78.0 Å². The van der Waals surface area contributed by atoms with E-state index in [1.54, 1.807) is 6.33 Å². The molecular formula is C12H15N3O2. The van der Waals surface area contributed by atoms with Gasteiger partial charge < -0.3 is 15.4 Å². The van der Waals surface area contributed by atoms with Gasteiger partial charge in [-0.15, -0.1) is 0 Å². The van der Waals surface area contributed by atoms with E-state index in [0.717, 1.165) is 16.6 Å². The van der Waals surface area contributed by atoms with Crippen molar-refractivity contribution < 1.29 is 9.90 Å². The van der Waals surface area contributed by atoms with Crippen molar-refractivity contribution in [1.29, 1.82) is 0 Å². The van der Waals surface area contributed by atoms with E-state index in [4.69, 9.17) is 5.11 Å². The number of rotatable bonds is 3. The number of benzene rings is 1. The third kappa shape index (κ3) is 2.38. The van der Waals surface area contributed by atoms with Crippen molar-refractivity contribution in [2.45, 2.75) is 19.3 Å². The fourth-order valence-electron chi connectivity index (χ4n) is 1.76. The van der Waals surface area contributed by atoms with Crippen LogP contribution in [0.5, 0.6) is 0 Å². The van der Waals surface area contributed by atoms with Gasteiger partial charge in [-0.25, -0.2) is 9.78 Å². The van der Waals surface area contributed by atoms with Gasteiger partial charge in [-0.1, -0.05) is 19.9 Å². The van der Waals surface area contributed by atoms with Crippen LogP contribution in [0.4, 0.5) is 4.79 Å². The first-order chi connectivity index (χ1) is 7.99. The number of nitrogens with one attached hydrogen (secondary N) is 2. The summed E-state index contributed by atoms with van der Waals surface area (Å²) in [4.78, 5) is 17.7. The second-order valence-electron chi connectivity index (χ2n) is 4.68. The molecule has 0 bridgehead atoms. The molecule has 90 valence electrons. The molecule has 0 spiro atoms. The maximum absolute atomic E-state index is 10.5. The van der Waals surface area contributed by atoms with Crippen molar-refractivity contribution in [2.24, 2.45) is 0 Å². The molecule has 1 aromatic heterocycles. The normalized spacial score (nSPS) is 11.6. The Labute approximate surface area is 98.9 Å². The fraction of sp³-hybridized carbons (Fsp3) is 0.333. The van der Waals surface area contributed by atoms with Crippen LogP contribution in [-0.2, 0) is 5.41 Å². The van der Waals surface area contributed by atoms with Crippen molar-refractivity contribution >= 4 is 17.1 Å². The zero-order chi connectivity index (χ0) is 12.5. The Morgan fingerprint density at radius 1 is 1.53 bits per heavy atom. The highest BCUT2D eigenvalue weighted by molar-refractivity contribution is 5.75. The summed E-state index contributed by atoms with van der Waals surface area (Å²) in [6.07, 6.45) is 0.650. The summed E-state index contributed by atoms with van der Waals surface area (Å²) in [5.41, 5.74) is 2.70. The highest BCUT2D eigenvalue weighted by Gasteiger charge is 2.21. The zero-order valence-corrected chi connectivity index (χ0v) is 9.82. The predicted molar refractivity (Wildman–Crippen MR) is 65.1 cm³/mol. The molecule has 17 heavy (non-hydrogen) atoms. The van der Waals surface area contributed by atoms with Gasteiger partial charge in [0.15, 0.2) is 0 Å². The standard InChI is InChI=1S/C12H15N3O2/c1-12(2,6-13-11(16)17)8-3-4-9-10(5-8)15-7-14-9/h3-5,7,13H,6H2,1-2H3,(H,14,15)(H,16,17). The van der Waals surface area contributed by atoms with Crippen molar-refractivity contribution in [3.63, 3.8) is 0 Å². The number of hydrogen-bond acceptors (Lipinski definition) is 2. The minimum atomic E-state index is -0.999. The average Bonchev–Trinajstić information content (AvgIpc) is 2.73. The number of carbonyl (C=O) groups is 1. The van der Waals surface area contributed by atoms with E-state index < -0.39 is 6.09 Å². The summed E-state index contributed by atoms with van der Waals surface area (Å²) in [5.74, 6) is 0. The Kier molecular flexibility index (Phi) is 2.75. The minimum Gasteiger partial charge on any atom is -0.465 e. The third-order valence-electron chi connectivity index (χ3n) is 2.88. The second kappa shape index (κ2) is 4.08. The number of hydrogen-bond donors (Lipinski definition) is 3. The van der Waals surface area contributed by atoms with Gasteiger partial charge in [-0.3, -0.25) is 0 Å². The lowest BCUT2D eigenvalue weighted by Crippen LogP contribution is -2.35. The molecule has 5 heteroatoms. The predicted octanol–water partition coefficient (Wildman–Crippen LogP) is 2.11. The van der Waals surface area contributed by atoms with E-state index in [0.29, 0.717) is 6.54 Å². The Morgan fingerprint density at radius 3 is 3.00 bits per heavy atom. The van der Waals surface area contributed by atoms with Crippen LogP contribution in [0.15, 0.2) is 24.5 Å². The fourth-order valence-corrected chi connectivity index (χ4v) is 1.76. The minimum absolute atomic E-state index is 0.252.